The van der Waals surface area contributed by atoms with E-state index in [0.29, 0.717) is 17.6 Å². The molecule has 2 N–H and O–H groups in total. The first kappa shape index (κ1) is 16.6. The van der Waals surface area contributed by atoms with Gasteiger partial charge in [0.1, 0.15) is 0 Å². The van der Waals surface area contributed by atoms with Crippen molar-refractivity contribution in [1.82, 2.24) is 0 Å². The molecule has 1 aromatic carbocycles. The van der Waals surface area contributed by atoms with E-state index in [2.05, 4.69) is 25.7 Å². The smallest absolute Gasteiger partial charge is 0.167 e. The number of benzene rings is 1. The van der Waals surface area contributed by atoms with Crippen molar-refractivity contribution >= 4 is 11.4 Å². The summed E-state index contributed by atoms with van der Waals surface area (Å²) >= 11 is 0. The SMILES string of the molecule is CC(C)CC(C)N(C)c1cc(OC(C)C)c(F)cc1N. The zero-order chi connectivity index (χ0) is 15.4. The lowest BCUT2D eigenvalue weighted by Gasteiger charge is -2.30. The summed E-state index contributed by atoms with van der Waals surface area (Å²) in [6, 6.07) is 3.36. The Kier molecular flexibility index (Phi) is 5.66. The number of nitrogen functional groups attached to an aromatic ring is 1. The minimum atomic E-state index is -0.412. The second kappa shape index (κ2) is 6.82. The minimum absolute atomic E-state index is 0.0700. The second-order valence-corrected chi connectivity index (χ2v) is 6.10. The first-order chi connectivity index (χ1) is 9.22. The van der Waals surface area contributed by atoms with Crippen molar-refractivity contribution < 1.29 is 9.13 Å². The van der Waals surface area contributed by atoms with Gasteiger partial charge in [-0.3, -0.25) is 0 Å². The molecule has 0 aliphatic rings. The van der Waals surface area contributed by atoms with E-state index in [1.54, 1.807) is 6.07 Å². The van der Waals surface area contributed by atoms with E-state index in [1.165, 1.54) is 6.07 Å². The van der Waals surface area contributed by atoms with Gasteiger partial charge in [-0.1, -0.05) is 13.8 Å². The lowest BCUT2D eigenvalue weighted by molar-refractivity contribution is 0.231. The van der Waals surface area contributed by atoms with Crippen molar-refractivity contribution in [2.45, 2.75) is 53.2 Å². The molecule has 0 saturated carbocycles. The van der Waals surface area contributed by atoms with E-state index in [0.717, 1.165) is 12.1 Å². The fourth-order valence-electron chi connectivity index (χ4n) is 2.29. The third kappa shape index (κ3) is 4.29. The van der Waals surface area contributed by atoms with Crippen molar-refractivity contribution in [2.24, 2.45) is 5.92 Å². The summed E-state index contributed by atoms with van der Waals surface area (Å²) in [4.78, 5) is 2.09. The third-order valence-corrected chi connectivity index (χ3v) is 3.30. The molecule has 1 aromatic rings. The van der Waals surface area contributed by atoms with Crippen LogP contribution in [0, 0.1) is 11.7 Å². The van der Waals surface area contributed by atoms with Crippen molar-refractivity contribution in [2.75, 3.05) is 17.7 Å². The van der Waals surface area contributed by atoms with Crippen LogP contribution in [0.25, 0.3) is 0 Å². The van der Waals surface area contributed by atoms with Gasteiger partial charge >= 0.3 is 0 Å². The van der Waals surface area contributed by atoms with Crippen LogP contribution < -0.4 is 15.4 Å². The Morgan fingerprint density at radius 2 is 1.80 bits per heavy atom. The summed E-state index contributed by atoms with van der Waals surface area (Å²) in [6.45, 7) is 10.3. The van der Waals surface area contributed by atoms with Crippen LogP contribution >= 0.6 is 0 Å². The fourth-order valence-corrected chi connectivity index (χ4v) is 2.29. The Labute approximate surface area is 121 Å². The average Bonchev–Trinajstić information content (AvgIpc) is 2.30. The minimum Gasteiger partial charge on any atom is -0.488 e. The lowest BCUT2D eigenvalue weighted by Crippen LogP contribution is -2.30. The zero-order valence-electron chi connectivity index (χ0n) is 13.4. The van der Waals surface area contributed by atoms with E-state index in [4.69, 9.17) is 10.5 Å². The van der Waals surface area contributed by atoms with Crippen LogP contribution in [-0.4, -0.2) is 19.2 Å². The van der Waals surface area contributed by atoms with Crippen molar-refractivity contribution in [3.8, 4) is 5.75 Å². The topological polar surface area (TPSA) is 38.5 Å². The maximum Gasteiger partial charge on any atom is 0.167 e. The van der Waals surface area contributed by atoms with Crippen molar-refractivity contribution in [3.05, 3.63) is 17.9 Å². The van der Waals surface area contributed by atoms with E-state index in [-0.39, 0.29) is 11.9 Å². The molecule has 0 spiro atoms. The molecular formula is C16H27FN2O. The number of halogens is 1. The average molecular weight is 282 g/mol. The van der Waals surface area contributed by atoms with Gasteiger partial charge in [0.05, 0.1) is 17.5 Å². The molecule has 3 nitrogen and oxygen atoms in total. The summed E-state index contributed by atoms with van der Waals surface area (Å²) in [5, 5.41) is 0. The highest BCUT2D eigenvalue weighted by Gasteiger charge is 2.17. The predicted octanol–water partition coefficient (Wildman–Crippen LogP) is 4.07. The molecule has 0 heterocycles. The molecule has 4 heteroatoms. The summed E-state index contributed by atoms with van der Waals surface area (Å²) in [5.74, 6) is 0.443. The van der Waals surface area contributed by atoms with Crippen LogP contribution in [0.5, 0.6) is 5.75 Å². The maximum atomic E-state index is 13.8. The van der Waals surface area contributed by atoms with Crippen LogP contribution in [-0.2, 0) is 0 Å². The Morgan fingerprint density at radius 3 is 2.30 bits per heavy atom. The molecule has 0 bridgehead atoms. The second-order valence-electron chi connectivity index (χ2n) is 6.10. The molecule has 1 atom stereocenters. The van der Waals surface area contributed by atoms with E-state index in [9.17, 15) is 4.39 Å². The number of ether oxygens (including phenoxy) is 1. The van der Waals surface area contributed by atoms with Gasteiger partial charge in [-0.2, -0.15) is 0 Å². The molecule has 1 unspecified atom stereocenters. The lowest BCUT2D eigenvalue weighted by atomic mass is 10.0. The largest absolute Gasteiger partial charge is 0.488 e. The van der Waals surface area contributed by atoms with Gasteiger partial charge < -0.3 is 15.4 Å². The Hall–Kier alpha value is -1.45. The van der Waals surface area contributed by atoms with Gasteiger partial charge in [0.15, 0.2) is 11.6 Å². The van der Waals surface area contributed by atoms with Gasteiger partial charge in [0, 0.05) is 25.2 Å². The first-order valence-electron chi connectivity index (χ1n) is 7.20. The number of nitrogens with two attached hydrogens (primary N) is 1. The predicted molar refractivity (Wildman–Crippen MR) is 83.9 cm³/mol. The summed E-state index contributed by atoms with van der Waals surface area (Å²) in [5.41, 5.74) is 7.21. The van der Waals surface area contributed by atoms with Crippen molar-refractivity contribution in [3.63, 3.8) is 0 Å². The zero-order valence-corrected chi connectivity index (χ0v) is 13.4. The third-order valence-electron chi connectivity index (χ3n) is 3.30. The standard InChI is InChI=1S/C16H27FN2O/c1-10(2)7-12(5)19(6)15-9-16(20-11(3)4)13(17)8-14(15)18/h8-12H,7,18H2,1-6H3. The Balaban J connectivity index is 3.04. The monoisotopic (exact) mass is 282 g/mol. The van der Waals surface area contributed by atoms with Crippen LogP contribution in [0.2, 0.25) is 0 Å². The van der Waals surface area contributed by atoms with Gasteiger partial charge in [0.25, 0.3) is 0 Å². The molecule has 0 amide bonds. The quantitative estimate of drug-likeness (QED) is 0.799. The number of rotatable bonds is 6. The molecular weight excluding hydrogens is 255 g/mol. The molecule has 0 fully saturated rings. The first-order valence-corrected chi connectivity index (χ1v) is 7.20. The van der Waals surface area contributed by atoms with E-state index < -0.39 is 5.82 Å². The maximum absolute atomic E-state index is 13.8. The molecule has 0 aromatic heterocycles. The molecule has 0 radical (unpaired) electrons. The van der Waals surface area contributed by atoms with Gasteiger partial charge in [-0.25, -0.2) is 4.39 Å². The summed E-state index contributed by atoms with van der Waals surface area (Å²) in [6.07, 6.45) is 0.979. The van der Waals surface area contributed by atoms with Crippen LogP contribution in [0.3, 0.4) is 0 Å². The van der Waals surface area contributed by atoms with Crippen LogP contribution in [0.4, 0.5) is 15.8 Å². The van der Waals surface area contributed by atoms with E-state index in [1.807, 2.05) is 20.9 Å². The number of nitrogens with zero attached hydrogens (tertiary/aromatic N) is 1. The van der Waals surface area contributed by atoms with Crippen molar-refractivity contribution in [1.29, 1.82) is 0 Å². The molecule has 0 aliphatic heterocycles. The summed E-state index contributed by atoms with van der Waals surface area (Å²) in [7, 11) is 1.98. The fraction of sp³-hybridized carbons (Fsp3) is 0.625. The molecule has 0 aliphatic carbocycles. The highest BCUT2D eigenvalue weighted by Crippen LogP contribution is 2.32. The van der Waals surface area contributed by atoms with Gasteiger partial charge in [-0.05, 0) is 33.1 Å². The Bertz CT molecular complexity index is 446. The van der Waals surface area contributed by atoms with Crippen LogP contribution in [0.15, 0.2) is 12.1 Å². The highest BCUT2D eigenvalue weighted by molar-refractivity contribution is 5.70. The Morgan fingerprint density at radius 1 is 1.20 bits per heavy atom. The highest BCUT2D eigenvalue weighted by atomic mass is 19.1. The summed E-state index contributed by atoms with van der Waals surface area (Å²) < 4.78 is 19.3. The molecule has 114 valence electrons. The van der Waals surface area contributed by atoms with E-state index >= 15 is 0 Å². The van der Waals surface area contributed by atoms with Gasteiger partial charge in [-0.15, -0.1) is 0 Å². The molecule has 0 saturated heterocycles. The number of anilines is 2. The normalized spacial score (nSPS) is 12.8. The molecule has 1 rings (SSSR count). The molecule has 20 heavy (non-hydrogen) atoms. The van der Waals surface area contributed by atoms with Crippen LogP contribution in [0.1, 0.15) is 41.0 Å². The number of hydrogen-bond donors (Lipinski definition) is 1. The van der Waals surface area contributed by atoms with Gasteiger partial charge in [0.2, 0.25) is 0 Å². The number of hydrogen-bond acceptors (Lipinski definition) is 3.